The molecule has 2 aromatic heterocycles. The number of halogens is 4. The highest BCUT2D eigenvalue weighted by Gasteiger charge is 2.37. The summed E-state index contributed by atoms with van der Waals surface area (Å²) in [6, 6.07) is 4.94. The van der Waals surface area contributed by atoms with Crippen LogP contribution in [0.3, 0.4) is 0 Å². The Hall–Kier alpha value is -1.95. The van der Waals surface area contributed by atoms with Crippen LogP contribution >= 0.6 is 53.2 Å². The maximum Gasteiger partial charge on any atom is 0.229 e. The third-order valence-corrected chi connectivity index (χ3v) is 7.13. The number of fused-ring (bicyclic) bond motifs is 2. The second kappa shape index (κ2) is 13.2. The van der Waals surface area contributed by atoms with Gasteiger partial charge in [-0.25, -0.2) is 4.98 Å². The van der Waals surface area contributed by atoms with E-state index in [4.69, 9.17) is 19.2 Å². The number of anilines is 2. The summed E-state index contributed by atoms with van der Waals surface area (Å²) in [6.45, 7) is 5.33. The number of rotatable bonds is 8. The topological polar surface area (TPSA) is 85.7 Å². The van der Waals surface area contributed by atoms with E-state index in [2.05, 4.69) is 60.3 Å². The number of aryl methyl sites for hydroxylation is 1. The lowest BCUT2D eigenvalue weighted by atomic mass is 10.2. The predicted octanol–water partition coefficient (Wildman–Crippen LogP) is 4.92. The van der Waals surface area contributed by atoms with Gasteiger partial charge in [0.25, 0.3) is 0 Å². The van der Waals surface area contributed by atoms with E-state index in [1.807, 2.05) is 12.1 Å². The van der Waals surface area contributed by atoms with Crippen molar-refractivity contribution in [3.05, 3.63) is 46.3 Å². The minimum atomic E-state index is 0. The molecule has 3 aromatic rings. The van der Waals surface area contributed by atoms with Crippen molar-refractivity contribution in [3.63, 3.8) is 0 Å². The van der Waals surface area contributed by atoms with E-state index < -0.39 is 0 Å². The first kappa shape index (κ1) is 31.3. The van der Waals surface area contributed by atoms with Gasteiger partial charge in [0.1, 0.15) is 0 Å². The van der Waals surface area contributed by atoms with Gasteiger partial charge >= 0.3 is 0 Å². The van der Waals surface area contributed by atoms with Crippen LogP contribution in [0.4, 0.5) is 11.6 Å². The van der Waals surface area contributed by atoms with E-state index in [-0.39, 0.29) is 37.2 Å². The zero-order chi connectivity index (χ0) is 23.8. The Morgan fingerprint density at radius 1 is 1.08 bits per heavy atom. The molecular formula is C24H32BrCl3N6O3. The maximum absolute atomic E-state index is 5.45. The summed E-state index contributed by atoms with van der Waals surface area (Å²) in [5.41, 5.74) is 3.29. The summed E-state index contributed by atoms with van der Waals surface area (Å²) < 4.78 is 19.2. The second-order valence-corrected chi connectivity index (χ2v) is 9.56. The Kier molecular flexibility index (Phi) is 11.2. The van der Waals surface area contributed by atoms with Crippen molar-refractivity contribution in [2.24, 2.45) is 0 Å². The van der Waals surface area contributed by atoms with Gasteiger partial charge in [0.2, 0.25) is 11.7 Å². The molecule has 2 aliphatic rings. The van der Waals surface area contributed by atoms with Gasteiger partial charge in [0.15, 0.2) is 17.3 Å². The third kappa shape index (κ3) is 6.38. The molecule has 0 aliphatic carbocycles. The summed E-state index contributed by atoms with van der Waals surface area (Å²) in [6.07, 6.45) is 7.30. The van der Waals surface area contributed by atoms with Crippen LogP contribution in [0.25, 0.3) is 5.82 Å². The molecule has 2 aliphatic heterocycles. The van der Waals surface area contributed by atoms with Crippen molar-refractivity contribution in [1.82, 2.24) is 24.8 Å². The highest BCUT2D eigenvalue weighted by atomic mass is 79.9. The van der Waals surface area contributed by atoms with Gasteiger partial charge < -0.3 is 29.4 Å². The van der Waals surface area contributed by atoms with Crippen LogP contribution in [-0.4, -0.2) is 65.9 Å². The van der Waals surface area contributed by atoms with Gasteiger partial charge in [0, 0.05) is 68.1 Å². The highest BCUT2D eigenvalue weighted by Crippen LogP contribution is 2.40. The number of hydrogen-bond acceptors (Lipinski definition) is 8. The molecule has 0 radical (unpaired) electrons. The molecule has 0 amide bonds. The number of likely N-dealkylation sites (tertiary alicyclic amines) is 1. The summed E-state index contributed by atoms with van der Waals surface area (Å²) in [5.74, 6) is 2.87. The summed E-state index contributed by atoms with van der Waals surface area (Å²) >= 11 is 3.62. The van der Waals surface area contributed by atoms with E-state index in [0.717, 1.165) is 35.6 Å². The van der Waals surface area contributed by atoms with E-state index in [1.54, 1.807) is 27.5 Å². The largest absolute Gasteiger partial charge is 0.493 e. The molecule has 2 unspecified atom stereocenters. The lowest BCUT2D eigenvalue weighted by Gasteiger charge is -2.27. The van der Waals surface area contributed by atoms with Crippen LogP contribution in [0.1, 0.15) is 17.5 Å². The fourth-order valence-electron chi connectivity index (χ4n) is 4.83. The minimum Gasteiger partial charge on any atom is -0.493 e. The van der Waals surface area contributed by atoms with Gasteiger partial charge in [-0.15, -0.1) is 37.2 Å². The van der Waals surface area contributed by atoms with Crippen LogP contribution in [0, 0.1) is 6.92 Å². The van der Waals surface area contributed by atoms with Crippen molar-refractivity contribution in [1.29, 1.82) is 0 Å². The molecule has 13 heteroatoms. The van der Waals surface area contributed by atoms with Crippen molar-refractivity contribution in [2.45, 2.75) is 32.0 Å². The average Bonchev–Trinajstić information content (AvgIpc) is 3.56. The quantitative estimate of drug-likeness (QED) is 0.360. The minimum absolute atomic E-state index is 0. The molecule has 1 aromatic carbocycles. The summed E-state index contributed by atoms with van der Waals surface area (Å²) in [4.78, 5) is 11.8. The normalized spacial score (nSPS) is 17.9. The second-order valence-electron chi connectivity index (χ2n) is 8.70. The van der Waals surface area contributed by atoms with Crippen molar-refractivity contribution in [2.75, 3.05) is 39.7 Å². The molecule has 2 N–H and O–H groups in total. The maximum atomic E-state index is 5.45. The van der Waals surface area contributed by atoms with Crippen LogP contribution < -0.4 is 24.8 Å². The van der Waals surface area contributed by atoms with Crippen LogP contribution in [0.5, 0.6) is 17.2 Å². The number of benzene rings is 1. The molecular weight excluding hydrogens is 607 g/mol. The predicted molar refractivity (Wildman–Crippen MR) is 156 cm³/mol. The van der Waals surface area contributed by atoms with Crippen molar-refractivity contribution < 1.29 is 14.2 Å². The highest BCUT2D eigenvalue weighted by molar-refractivity contribution is 9.10. The van der Waals surface area contributed by atoms with Gasteiger partial charge in [-0.2, -0.15) is 4.98 Å². The summed E-state index contributed by atoms with van der Waals surface area (Å²) in [5, 5.41) is 6.83. The standard InChI is InChI=1S/C24H29BrN6O3.3ClH/c1-14-10-31(12-15(14)11-30-13-17-5-18(30)8-26-17)23-19(25)9-27-24(29-23)28-16-6-20(32-2)22(34-4)21(7-16)33-3;;;/h6-7,9-10,12,17-18,26H,5,8,11,13H2,1-4H3,(H,27,28,29);3*1H. The van der Waals surface area contributed by atoms with Gasteiger partial charge in [-0.1, -0.05) is 0 Å². The number of piperazine rings is 1. The molecule has 4 heterocycles. The number of hydrogen-bond donors (Lipinski definition) is 2. The van der Waals surface area contributed by atoms with E-state index in [1.165, 1.54) is 17.5 Å². The molecule has 2 saturated heterocycles. The van der Waals surface area contributed by atoms with Crippen molar-refractivity contribution in [3.8, 4) is 23.1 Å². The summed E-state index contributed by atoms with van der Waals surface area (Å²) in [7, 11) is 4.76. The van der Waals surface area contributed by atoms with Crippen LogP contribution in [-0.2, 0) is 6.54 Å². The number of nitrogens with zero attached hydrogens (tertiary/aromatic N) is 4. The Labute approximate surface area is 244 Å². The number of nitrogens with one attached hydrogen (secondary N) is 2. The van der Waals surface area contributed by atoms with Crippen LogP contribution in [0.15, 0.2) is 35.2 Å². The Morgan fingerprint density at radius 3 is 2.35 bits per heavy atom. The molecule has 0 saturated carbocycles. The van der Waals surface area contributed by atoms with Crippen molar-refractivity contribution >= 4 is 64.8 Å². The molecule has 2 bridgehead atoms. The van der Waals surface area contributed by atoms with Gasteiger partial charge in [-0.3, -0.25) is 4.90 Å². The molecule has 9 nitrogen and oxygen atoms in total. The Morgan fingerprint density at radius 2 is 1.78 bits per heavy atom. The lowest BCUT2D eigenvalue weighted by molar-refractivity contribution is 0.217. The number of aromatic nitrogens is 3. The van der Waals surface area contributed by atoms with E-state index >= 15 is 0 Å². The zero-order valence-electron chi connectivity index (χ0n) is 21.0. The third-order valence-electron chi connectivity index (χ3n) is 6.57. The van der Waals surface area contributed by atoms with Crippen LogP contribution in [0.2, 0.25) is 0 Å². The molecule has 37 heavy (non-hydrogen) atoms. The first-order valence-corrected chi connectivity index (χ1v) is 12.0. The smallest absolute Gasteiger partial charge is 0.229 e. The van der Waals surface area contributed by atoms with E-state index in [0.29, 0.717) is 35.3 Å². The lowest BCUT2D eigenvalue weighted by Crippen LogP contribution is -2.43. The number of methoxy groups -OCH3 is 3. The SMILES string of the molecule is COc1cc(Nc2ncc(Br)c(-n3cc(C)c(CN4CC5CC4CN5)c3)n2)cc(OC)c1OC.Cl.Cl.Cl. The first-order valence-electron chi connectivity index (χ1n) is 11.2. The Bertz CT molecular complexity index is 1190. The van der Waals surface area contributed by atoms with E-state index in [9.17, 15) is 0 Å². The molecule has 0 spiro atoms. The zero-order valence-corrected chi connectivity index (χ0v) is 25.0. The molecule has 2 fully saturated rings. The first-order chi connectivity index (χ1) is 16.5. The fraction of sp³-hybridized carbons (Fsp3) is 0.417. The molecule has 2 atom stereocenters. The average molecular weight is 639 g/mol. The van der Waals surface area contributed by atoms with Gasteiger partial charge in [0.05, 0.1) is 25.8 Å². The monoisotopic (exact) mass is 636 g/mol. The van der Waals surface area contributed by atoms with Gasteiger partial charge in [-0.05, 0) is 40.4 Å². The number of ether oxygens (including phenoxy) is 3. The molecule has 5 rings (SSSR count). The fourth-order valence-corrected chi connectivity index (χ4v) is 5.22. The molecule has 204 valence electrons. The Balaban J connectivity index is 0.00000160.